The Bertz CT molecular complexity index is 337. The highest BCUT2D eigenvalue weighted by atomic mass is 16.5. The lowest BCUT2D eigenvalue weighted by Crippen LogP contribution is -2.18. The monoisotopic (exact) mass is 268 g/mol. The average Bonchev–Trinajstić information content (AvgIpc) is 2.43. The van der Waals surface area contributed by atoms with E-state index in [0.29, 0.717) is 13.2 Å². The van der Waals surface area contributed by atoms with E-state index in [2.05, 4.69) is 6.92 Å². The van der Waals surface area contributed by atoms with Gasteiger partial charge in [0.15, 0.2) is 0 Å². The van der Waals surface area contributed by atoms with E-state index < -0.39 is 6.10 Å². The molecule has 0 radical (unpaired) electrons. The Labute approximate surface area is 115 Å². The van der Waals surface area contributed by atoms with Gasteiger partial charge in [0.05, 0.1) is 25.9 Å². The summed E-state index contributed by atoms with van der Waals surface area (Å²) in [6.45, 7) is 5.48. The fourth-order valence-corrected chi connectivity index (χ4v) is 1.64. The van der Waals surface area contributed by atoms with Gasteiger partial charge in [0, 0.05) is 7.11 Å². The van der Waals surface area contributed by atoms with Crippen molar-refractivity contribution in [1.82, 2.24) is 0 Å². The fraction of sp³-hybridized carbons (Fsp3) is 0.600. The zero-order valence-electron chi connectivity index (χ0n) is 12.0. The lowest BCUT2D eigenvalue weighted by Gasteiger charge is -2.16. The molecule has 0 aromatic heterocycles. The minimum atomic E-state index is -0.625. The van der Waals surface area contributed by atoms with E-state index >= 15 is 0 Å². The summed E-state index contributed by atoms with van der Waals surface area (Å²) in [5.41, 5.74) is 0.827. The van der Waals surface area contributed by atoms with Crippen LogP contribution in [0.3, 0.4) is 0 Å². The van der Waals surface area contributed by atoms with Gasteiger partial charge in [0.25, 0.3) is 0 Å². The maximum absolute atomic E-state index is 10.00. The van der Waals surface area contributed by atoms with Gasteiger partial charge in [-0.25, -0.2) is 0 Å². The zero-order valence-corrected chi connectivity index (χ0v) is 12.0. The van der Waals surface area contributed by atoms with Crippen LogP contribution in [-0.4, -0.2) is 38.1 Å². The first-order valence-electron chi connectivity index (χ1n) is 6.68. The molecule has 0 fully saturated rings. The molecule has 2 unspecified atom stereocenters. The third kappa shape index (κ3) is 6.05. The number of aliphatic hydroxyl groups excluding tert-OH is 1. The summed E-state index contributed by atoms with van der Waals surface area (Å²) in [5.74, 6) is 0.825. The van der Waals surface area contributed by atoms with Gasteiger partial charge < -0.3 is 19.3 Å². The van der Waals surface area contributed by atoms with Crippen LogP contribution in [0.25, 0.3) is 0 Å². The topological polar surface area (TPSA) is 47.9 Å². The predicted octanol–water partition coefficient (Wildman–Crippen LogP) is 2.56. The van der Waals surface area contributed by atoms with Crippen molar-refractivity contribution in [2.24, 2.45) is 0 Å². The third-order valence-corrected chi connectivity index (χ3v) is 2.68. The van der Waals surface area contributed by atoms with E-state index in [1.807, 2.05) is 31.2 Å². The highest BCUT2D eigenvalue weighted by Crippen LogP contribution is 2.18. The van der Waals surface area contributed by atoms with Crippen molar-refractivity contribution in [2.45, 2.75) is 32.5 Å². The van der Waals surface area contributed by atoms with Crippen molar-refractivity contribution in [3.8, 4) is 5.75 Å². The van der Waals surface area contributed by atoms with Gasteiger partial charge in [0.1, 0.15) is 11.9 Å². The van der Waals surface area contributed by atoms with Gasteiger partial charge in [-0.15, -0.1) is 0 Å². The molecule has 0 saturated carbocycles. The molecule has 1 rings (SSSR count). The minimum absolute atomic E-state index is 0.0215. The van der Waals surface area contributed by atoms with E-state index in [1.165, 1.54) is 0 Å². The molecule has 0 saturated heterocycles. The van der Waals surface area contributed by atoms with Crippen LogP contribution >= 0.6 is 0 Å². The van der Waals surface area contributed by atoms with Crippen molar-refractivity contribution in [2.75, 3.05) is 26.9 Å². The lowest BCUT2D eigenvalue weighted by atomic mass is 10.1. The smallest absolute Gasteiger partial charge is 0.119 e. The zero-order chi connectivity index (χ0) is 14.1. The second-order valence-corrected chi connectivity index (χ2v) is 4.53. The van der Waals surface area contributed by atoms with Gasteiger partial charge in [-0.2, -0.15) is 0 Å². The van der Waals surface area contributed by atoms with E-state index in [9.17, 15) is 5.11 Å². The molecule has 1 aromatic carbocycles. The van der Waals surface area contributed by atoms with Crippen molar-refractivity contribution in [1.29, 1.82) is 0 Å². The Morgan fingerprint density at radius 3 is 2.42 bits per heavy atom. The Kier molecular flexibility index (Phi) is 7.48. The van der Waals surface area contributed by atoms with Crippen molar-refractivity contribution in [3.63, 3.8) is 0 Å². The lowest BCUT2D eigenvalue weighted by molar-refractivity contribution is -0.0325. The molecule has 4 heteroatoms. The molecule has 0 bridgehead atoms. The van der Waals surface area contributed by atoms with E-state index in [0.717, 1.165) is 17.7 Å². The summed E-state index contributed by atoms with van der Waals surface area (Å²) in [6, 6.07) is 7.46. The quantitative estimate of drug-likeness (QED) is 0.747. The Hall–Kier alpha value is -1.10. The number of ether oxygens (including phenoxy) is 3. The van der Waals surface area contributed by atoms with Gasteiger partial charge in [0.2, 0.25) is 0 Å². The number of benzene rings is 1. The highest BCUT2D eigenvalue weighted by molar-refractivity contribution is 5.28. The van der Waals surface area contributed by atoms with Gasteiger partial charge >= 0.3 is 0 Å². The molecule has 108 valence electrons. The SMILES string of the molecule is CCCOc1ccc(C(O)COC(C)COC)cc1. The molecule has 2 atom stereocenters. The first-order valence-corrected chi connectivity index (χ1v) is 6.68. The maximum atomic E-state index is 10.00. The summed E-state index contributed by atoms with van der Waals surface area (Å²) in [6.07, 6.45) is 0.335. The average molecular weight is 268 g/mol. The molecule has 4 nitrogen and oxygen atoms in total. The van der Waals surface area contributed by atoms with Crippen LogP contribution in [-0.2, 0) is 9.47 Å². The molecule has 1 aromatic rings. The molecular formula is C15H24O4. The number of hydrogen-bond acceptors (Lipinski definition) is 4. The number of hydrogen-bond donors (Lipinski definition) is 1. The fourth-order valence-electron chi connectivity index (χ4n) is 1.64. The first kappa shape index (κ1) is 16.0. The summed E-state index contributed by atoms with van der Waals surface area (Å²) in [7, 11) is 1.63. The van der Waals surface area contributed by atoms with Crippen LogP contribution < -0.4 is 4.74 Å². The summed E-state index contributed by atoms with van der Waals surface area (Å²) >= 11 is 0. The minimum Gasteiger partial charge on any atom is -0.494 e. The summed E-state index contributed by atoms with van der Waals surface area (Å²) < 4.78 is 15.9. The van der Waals surface area contributed by atoms with Gasteiger partial charge in [-0.05, 0) is 31.0 Å². The maximum Gasteiger partial charge on any atom is 0.119 e. The van der Waals surface area contributed by atoms with Gasteiger partial charge in [-0.1, -0.05) is 19.1 Å². The Balaban J connectivity index is 2.41. The summed E-state index contributed by atoms with van der Waals surface area (Å²) in [4.78, 5) is 0. The summed E-state index contributed by atoms with van der Waals surface area (Å²) in [5, 5.41) is 10.00. The second kappa shape index (κ2) is 8.91. The number of rotatable bonds is 9. The van der Waals surface area contributed by atoms with Crippen LogP contribution in [0.15, 0.2) is 24.3 Å². The molecular weight excluding hydrogens is 244 g/mol. The first-order chi connectivity index (χ1) is 9.17. The highest BCUT2D eigenvalue weighted by Gasteiger charge is 2.10. The van der Waals surface area contributed by atoms with Crippen LogP contribution in [0.1, 0.15) is 31.9 Å². The van der Waals surface area contributed by atoms with Crippen LogP contribution in [0.4, 0.5) is 0 Å². The Morgan fingerprint density at radius 2 is 1.84 bits per heavy atom. The second-order valence-electron chi connectivity index (χ2n) is 4.53. The van der Waals surface area contributed by atoms with Gasteiger partial charge in [-0.3, -0.25) is 0 Å². The van der Waals surface area contributed by atoms with E-state index in [1.54, 1.807) is 7.11 Å². The molecule has 19 heavy (non-hydrogen) atoms. The van der Waals surface area contributed by atoms with E-state index in [-0.39, 0.29) is 12.7 Å². The molecule has 0 aliphatic carbocycles. The molecule has 0 heterocycles. The number of methoxy groups -OCH3 is 1. The molecule has 1 N–H and O–H groups in total. The Morgan fingerprint density at radius 1 is 1.16 bits per heavy atom. The standard InChI is InChI=1S/C15H24O4/c1-4-9-18-14-7-5-13(6-8-14)15(16)11-19-12(2)10-17-3/h5-8,12,15-16H,4,9-11H2,1-3H3. The predicted molar refractivity (Wildman–Crippen MR) is 74.5 cm³/mol. The normalized spacial score (nSPS) is 14.1. The third-order valence-electron chi connectivity index (χ3n) is 2.68. The largest absolute Gasteiger partial charge is 0.494 e. The molecule has 0 spiro atoms. The van der Waals surface area contributed by atoms with Crippen LogP contribution in [0, 0.1) is 0 Å². The van der Waals surface area contributed by atoms with Crippen LogP contribution in [0.2, 0.25) is 0 Å². The van der Waals surface area contributed by atoms with E-state index in [4.69, 9.17) is 14.2 Å². The molecule has 0 aliphatic rings. The molecule has 0 amide bonds. The van der Waals surface area contributed by atoms with Crippen molar-refractivity contribution >= 4 is 0 Å². The van der Waals surface area contributed by atoms with Crippen molar-refractivity contribution in [3.05, 3.63) is 29.8 Å². The number of aliphatic hydroxyl groups is 1. The molecule has 0 aliphatic heterocycles. The van der Waals surface area contributed by atoms with Crippen LogP contribution in [0.5, 0.6) is 5.75 Å². The van der Waals surface area contributed by atoms with Crippen molar-refractivity contribution < 1.29 is 19.3 Å².